The van der Waals surface area contributed by atoms with Crippen LogP contribution in [-0.4, -0.2) is 36.3 Å². The van der Waals surface area contributed by atoms with Crippen molar-refractivity contribution >= 4 is 28.1 Å². The van der Waals surface area contributed by atoms with Gasteiger partial charge < -0.3 is 19.7 Å². The van der Waals surface area contributed by atoms with Gasteiger partial charge in [0, 0.05) is 29.9 Å². The second-order valence-corrected chi connectivity index (χ2v) is 9.02. The van der Waals surface area contributed by atoms with E-state index >= 15 is 0 Å². The predicted molar refractivity (Wildman–Crippen MR) is 149 cm³/mol. The number of hydrogen-bond donors (Lipinski definition) is 1. The zero-order chi connectivity index (χ0) is 24.9. The number of fused-ring (bicyclic) bond motifs is 1. The summed E-state index contributed by atoms with van der Waals surface area (Å²) in [5.74, 6) is 1.63. The number of rotatable bonds is 7. The molecule has 0 saturated carbocycles. The molecule has 6 nitrogen and oxygen atoms in total. The van der Waals surface area contributed by atoms with Crippen LogP contribution in [-0.2, 0) is 11.3 Å². The number of anilines is 3. The van der Waals surface area contributed by atoms with E-state index in [1.165, 1.54) is 5.69 Å². The van der Waals surface area contributed by atoms with Crippen LogP contribution in [0.2, 0.25) is 0 Å². The number of aromatic nitrogens is 2. The molecule has 6 heteroatoms. The Labute approximate surface area is 216 Å². The molecule has 1 aliphatic heterocycles. The van der Waals surface area contributed by atoms with Gasteiger partial charge in [-0.05, 0) is 65.2 Å². The average Bonchev–Trinajstić information content (AvgIpc) is 2.98. The molecule has 0 spiro atoms. The highest BCUT2D eigenvalue weighted by atomic mass is 16.5. The highest BCUT2D eigenvalue weighted by Crippen LogP contribution is 2.30. The summed E-state index contributed by atoms with van der Waals surface area (Å²) in [5, 5.41) is 4.46. The van der Waals surface area contributed by atoms with E-state index in [2.05, 4.69) is 80.8 Å². The third kappa shape index (κ3) is 5.39. The van der Waals surface area contributed by atoms with Crippen LogP contribution in [0.5, 0.6) is 5.75 Å². The Balaban J connectivity index is 1.19. The summed E-state index contributed by atoms with van der Waals surface area (Å²) in [5.41, 5.74) is 6.45. The van der Waals surface area contributed by atoms with E-state index < -0.39 is 0 Å². The molecule has 0 bridgehead atoms. The Morgan fingerprint density at radius 2 is 1.54 bits per heavy atom. The van der Waals surface area contributed by atoms with Gasteiger partial charge in [-0.1, -0.05) is 48.5 Å². The zero-order valence-electron chi connectivity index (χ0n) is 20.5. The number of nitrogens with zero attached hydrogens (tertiary/aromatic N) is 3. The van der Waals surface area contributed by atoms with E-state index in [1.54, 1.807) is 6.33 Å². The van der Waals surface area contributed by atoms with Crippen LogP contribution in [0.25, 0.3) is 22.0 Å². The number of ether oxygens (including phenoxy) is 2. The minimum atomic E-state index is 0.552. The van der Waals surface area contributed by atoms with Gasteiger partial charge in [-0.3, -0.25) is 0 Å². The predicted octanol–water partition coefficient (Wildman–Crippen LogP) is 6.46. The van der Waals surface area contributed by atoms with Crippen molar-refractivity contribution < 1.29 is 9.47 Å². The maximum atomic E-state index is 5.95. The van der Waals surface area contributed by atoms with Crippen molar-refractivity contribution in [2.75, 3.05) is 36.5 Å². The lowest BCUT2D eigenvalue weighted by Gasteiger charge is -2.28. The van der Waals surface area contributed by atoms with Crippen molar-refractivity contribution in [3.63, 3.8) is 0 Å². The molecule has 0 amide bonds. The summed E-state index contributed by atoms with van der Waals surface area (Å²) in [6, 6.07) is 33.1. The molecule has 1 aliphatic rings. The first-order valence-corrected chi connectivity index (χ1v) is 12.5. The van der Waals surface area contributed by atoms with Crippen LogP contribution in [0.1, 0.15) is 5.56 Å². The molecule has 0 atom stereocenters. The van der Waals surface area contributed by atoms with Crippen molar-refractivity contribution in [3.8, 4) is 16.9 Å². The molecule has 1 aromatic heterocycles. The monoisotopic (exact) mass is 488 g/mol. The molecule has 0 aliphatic carbocycles. The molecule has 1 N–H and O–H groups in total. The minimum Gasteiger partial charge on any atom is -0.489 e. The largest absolute Gasteiger partial charge is 0.489 e. The topological polar surface area (TPSA) is 59.5 Å². The lowest BCUT2D eigenvalue weighted by atomic mass is 10.0. The molecule has 6 rings (SSSR count). The highest BCUT2D eigenvalue weighted by Gasteiger charge is 2.12. The second-order valence-electron chi connectivity index (χ2n) is 9.02. The Hall–Kier alpha value is -4.42. The van der Waals surface area contributed by atoms with Crippen LogP contribution in [0.4, 0.5) is 17.2 Å². The van der Waals surface area contributed by atoms with Crippen molar-refractivity contribution in [3.05, 3.63) is 109 Å². The summed E-state index contributed by atoms with van der Waals surface area (Å²) in [6.07, 6.45) is 1.60. The molecule has 37 heavy (non-hydrogen) atoms. The first kappa shape index (κ1) is 23.0. The molecule has 0 radical (unpaired) electrons. The lowest BCUT2D eigenvalue weighted by molar-refractivity contribution is 0.122. The molecule has 1 fully saturated rings. The number of nitrogens with one attached hydrogen (secondary N) is 1. The molecule has 0 unspecified atom stereocenters. The quantitative estimate of drug-likeness (QED) is 0.284. The van der Waals surface area contributed by atoms with E-state index in [0.29, 0.717) is 6.61 Å². The van der Waals surface area contributed by atoms with Gasteiger partial charge in [0.1, 0.15) is 24.5 Å². The zero-order valence-corrected chi connectivity index (χ0v) is 20.5. The summed E-state index contributed by atoms with van der Waals surface area (Å²) in [7, 11) is 0. The Kier molecular flexibility index (Phi) is 6.64. The third-order valence-electron chi connectivity index (χ3n) is 6.58. The van der Waals surface area contributed by atoms with Crippen molar-refractivity contribution in [2.24, 2.45) is 0 Å². The van der Waals surface area contributed by atoms with Gasteiger partial charge in [0.2, 0.25) is 0 Å². The maximum Gasteiger partial charge on any atom is 0.141 e. The Morgan fingerprint density at radius 1 is 0.784 bits per heavy atom. The van der Waals surface area contributed by atoms with Gasteiger partial charge in [-0.2, -0.15) is 0 Å². The van der Waals surface area contributed by atoms with Gasteiger partial charge in [-0.15, -0.1) is 0 Å². The van der Waals surface area contributed by atoms with Crippen molar-refractivity contribution in [2.45, 2.75) is 6.61 Å². The van der Waals surface area contributed by atoms with Crippen LogP contribution < -0.4 is 15.0 Å². The first-order chi connectivity index (χ1) is 18.3. The molecule has 1 saturated heterocycles. The molecule has 184 valence electrons. The Bertz CT molecular complexity index is 1470. The fourth-order valence-electron chi connectivity index (χ4n) is 4.53. The van der Waals surface area contributed by atoms with E-state index in [0.717, 1.165) is 71.2 Å². The second kappa shape index (κ2) is 10.7. The highest BCUT2D eigenvalue weighted by molar-refractivity contribution is 5.93. The smallest absolute Gasteiger partial charge is 0.141 e. The molecular formula is C31H28N4O2. The van der Waals surface area contributed by atoms with E-state index in [-0.39, 0.29) is 0 Å². The van der Waals surface area contributed by atoms with Gasteiger partial charge in [-0.25, -0.2) is 9.97 Å². The number of morpholine rings is 1. The minimum absolute atomic E-state index is 0.552. The van der Waals surface area contributed by atoms with Crippen molar-refractivity contribution in [1.29, 1.82) is 0 Å². The molecule has 5 aromatic rings. The normalized spacial score (nSPS) is 13.5. The Morgan fingerprint density at radius 3 is 2.32 bits per heavy atom. The summed E-state index contributed by atoms with van der Waals surface area (Å²) in [6.45, 7) is 3.95. The van der Waals surface area contributed by atoms with E-state index in [4.69, 9.17) is 9.47 Å². The van der Waals surface area contributed by atoms with E-state index in [9.17, 15) is 0 Å². The van der Waals surface area contributed by atoms with Crippen LogP contribution >= 0.6 is 0 Å². The fourth-order valence-corrected chi connectivity index (χ4v) is 4.53. The third-order valence-corrected chi connectivity index (χ3v) is 6.58. The number of benzene rings is 4. The summed E-state index contributed by atoms with van der Waals surface area (Å²) < 4.78 is 11.4. The van der Waals surface area contributed by atoms with Gasteiger partial charge in [0.25, 0.3) is 0 Å². The summed E-state index contributed by atoms with van der Waals surface area (Å²) >= 11 is 0. The van der Waals surface area contributed by atoms with Crippen LogP contribution in [0.15, 0.2) is 103 Å². The molecule has 2 heterocycles. The van der Waals surface area contributed by atoms with Crippen LogP contribution in [0.3, 0.4) is 0 Å². The standard InChI is InChI=1S/C31H28N4O2/c1-2-4-23(5-3-1)21-37-28-13-6-24(7-14-28)25-8-15-30-29(20-25)31(33-22-32-30)34-26-9-11-27(12-10-26)35-16-18-36-19-17-35/h1-15,20,22H,16-19,21H2,(H,32,33,34). The lowest BCUT2D eigenvalue weighted by Crippen LogP contribution is -2.36. The van der Waals surface area contributed by atoms with Gasteiger partial charge in [0.15, 0.2) is 0 Å². The first-order valence-electron chi connectivity index (χ1n) is 12.5. The number of hydrogen-bond acceptors (Lipinski definition) is 6. The van der Waals surface area contributed by atoms with Crippen molar-refractivity contribution in [1.82, 2.24) is 9.97 Å². The van der Waals surface area contributed by atoms with E-state index in [1.807, 2.05) is 36.4 Å². The average molecular weight is 489 g/mol. The van der Waals surface area contributed by atoms with Crippen LogP contribution in [0, 0.1) is 0 Å². The fraction of sp³-hybridized carbons (Fsp3) is 0.161. The maximum absolute atomic E-state index is 5.95. The summed E-state index contributed by atoms with van der Waals surface area (Å²) in [4.78, 5) is 11.4. The molecule has 4 aromatic carbocycles. The molecular weight excluding hydrogens is 460 g/mol. The SMILES string of the molecule is c1ccc(COc2ccc(-c3ccc4ncnc(Nc5ccc(N6CCOCC6)cc5)c4c3)cc2)cc1. The van der Waals surface area contributed by atoms with Gasteiger partial charge >= 0.3 is 0 Å². The van der Waals surface area contributed by atoms with Gasteiger partial charge in [0.05, 0.1) is 18.7 Å².